The van der Waals surface area contributed by atoms with Crippen LogP contribution < -0.4 is 10.1 Å². The summed E-state index contributed by atoms with van der Waals surface area (Å²) in [5, 5.41) is 3.23. The second-order valence-corrected chi connectivity index (χ2v) is 6.55. The molecule has 7 heteroatoms. The average molecular weight is 382 g/mol. The van der Waals surface area contributed by atoms with Crippen molar-refractivity contribution in [2.24, 2.45) is 4.99 Å². The van der Waals surface area contributed by atoms with E-state index in [1.807, 2.05) is 24.3 Å². The van der Waals surface area contributed by atoms with Crippen LogP contribution in [0.4, 0.5) is 5.69 Å². The van der Waals surface area contributed by atoms with Gasteiger partial charge in [-0.1, -0.05) is 12.1 Å². The quantitative estimate of drug-likeness (QED) is 0.629. The first-order valence-corrected chi connectivity index (χ1v) is 9.11. The number of ether oxygens (including phenoxy) is 2. The molecule has 1 aliphatic heterocycles. The highest BCUT2D eigenvalue weighted by Crippen LogP contribution is 2.28. The Morgan fingerprint density at radius 3 is 2.48 bits per heavy atom. The summed E-state index contributed by atoms with van der Waals surface area (Å²) >= 11 is 1.26. The van der Waals surface area contributed by atoms with E-state index in [4.69, 9.17) is 9.47 Å². The second kappa shape index (κ2) is 8.55. The number of esters is 1. The van der Waals surface area contributed by atoms with E-state index < -0.39 is 0 Å². The third-order valence-corrected chi connectivity index (χ3v) is 4.58. The fraction of sp³-hybridized carbons (Fsp3) is 0.150. The van der Waals surface area contributed by atoms with Crippen LogP contribution in [0.5, 0.6) is 5.75 Å². The molecule has 1 fully saturated rings. The molecule has 6 nitrogen and oxygen atoms in total. The molecule has 0 spiro atoms. The molecule has 2 aromatic rings. The normalized spacial score (nSPS) is 16.4. The molecule has 0 aromatic heterocycles. The van der Waals surface area contributed by atoms with E-state index in [1.165, 1.54) is 11.8 Å². The number of carbonyl (C=O) groups is 2. The number of benzene rings is 2. The summed E-state index contributed by atoms with van der Waals surface area (Å²) in [6, 6.07) is 14.1. The van der Waals surface area contributed by atoms with Crippen molar-refractivity contribution < 1.29 is 19.1 Å². The van der Waals surface area contributed by atoms with Gasteiger partial charge in [0, 0.05) is 0 Å². The molecular weight excluding hydrogens is 364 g/mol. The third-order valence-electron chi connectivity index (χ3n) is 3.67. The van der Waals surface area contributed by atoms with Gasteiger partial charge in [-0.2, -0.15) is 0 Å². The number of hydrogen-bond donors (Lipinski definition) is 1. The molecule has 0 aliphatic carbocycles. The number of rotatable bonds is 5. The molecule has 0 bridgehead atoms. The minimum atomic E-state index is -0.370. The molecule has 0 radical (unpaired) electrons. The van der Waals surface area contributed by atoms with E-state index >= 15 is 0 Å². The molecule has 3 rings (SSSR count). The van der Waals surface area contributed by atoms with Crippen molar-refractivity contribution in [1.29, 1.82) is 0 Å². The molecule has 1 N–H and O–H groups in total. The molecule has 0 saturated carbocycles. The Balaban J connectivity index is 1.72. The van der Waals surface area contributed by atoms with E-state index in [1.54, 1.807) is 44.4 Å². The Morgan fingerprint density at radius 2 is 1.85 bits per heavy atom. The van der Waals surface area contributed by atoms with Gasteiger partial charge in [0.25, 0.3) is 5.91 Å². The Labute approximate surface area is 161 Å². The standard InChI is InChI=1S/C20H18N2O4S/c1-3-26-19(24)14-6-8-15(9-7-14)21-20-22-18(23)17(27-20)12-13-4-10-16(25-2)11-5-13/h4-12H,3H2,1-2H3,(H,21,22,23). The molecule has 1 saturated heterocycles. The Kier molecular flexibility index (Phi) is 5.93. The van der Waals surface area contributed by atoms with Gasteiger partial charge in [0.15, 0.2) is 5.17 Å². The lowest BCUT2D eigenvalue weighted by molar-refractivity contribution is -0.115. The van der Waals surface area contributed by atoms with Crippen molar-refractivity contribution in [3.63, 3.8) is 0 Å². The zero-order valence-corrected chi connectivity index (χ0v) is 15.7. The highest BCUT2D eigenvalue weighted by Gasteiger charge is 2.23. The Morgan fingerprint density at radius 1 is 1.15 bits per heavy atom. The smallest absolute Gasteiger partial charge is 0.338 e. The predicted molar refractivity (Wildman–Crippen MR) is 106 cm³/mol. The van der Waals surface area contributed by atoms with Crippen molar-refractivity contribution in [2.45, 2.75) is 6.92 Å². The molecule has 1 amide bonds. The Bertz CT molecular complexity index is 903. The van der Waals surface area contributed by atoms with Crippen LogP contribution in [0.25, 0.3) is 6.08 Å². The van der Waals surface area contributed by atoms with E-state index in [9.17, 15) is 9.59 Å². The van der Waals surface area contributed by atoms with Crippen molar-refractivity contribution in [3.8, 4) is 5.75 Å². The molecule has 0 atom stereocenters. The van der Waals surface area contributed by atoms with E-state index in [0.29, 0.717) is 27.9 Å². The second-order valence-electron chi connectivity index (χ2n) is 5.52. The van der Waals surface area contributed by atoms with E-state index in [0.717, 1.165) is 11.3 Å². The first-order valence-electron chi connectivity index (χ1n) is 8.30. The number of amides is 1. The van der Waals surface area contributed by atoms with E-state index in [2.05, 4.69) is 10.3 Å². The number of methoxy groups -OCH3 is 1. The van der Waals surface area contributed by atoms with Crippen LogP contribution in [-0.2, 0) is 9.53 Å². The summed E-state index contributed by atoms with van der Waals surface area (Å²) in [6.45, 7) is 2.09. The van der Waals surface area contributed by atoms with Crippen LogP contribution in [0, 0.1) is 0 Å². The van der Waals surface area contributed by atoms with Gasteiger partial charge < -0.3 is 14.8 Å². The zero-order valence-electron chi connectivity index (χ0n) is 14.9. The van der Waals surface area contributed by atoms with Crippen molar-refractivity contribution in [3.05, 3.63) is 64.6 Å². The van der Waals surface area contributed by atoms with Gasteiger partial charge in [-0.15, -0.1) is 0 Å². The van der Waals surface area contributed by atoms with Crippen LogP contribution in [0.1, 0.15) is 22.8 Å². The fourth-order valence-electron chi connectivity index (χ4n) is 2.34. The van der Waals surface area contributed by atoms with Crippen molar-refractivity contribution in [1.82, 2.24) is 5.32 Å². The summed E-state index contributed by atoms with van der Waals surface area (Å²) in [6.07, 6.45) is 1.80. The lowest BCUT2D eigenvalue weighted by atomic mass is 10.2. The molecule has 1 heterocycles. The average Bonchev–Trinajstić information content (AvgIpc) is 3.02. The lowest BCUT2D eigenvalue weighted by Crippen LogP contribution is -2.19. The van der Waals surface area contributed by atoms with Gasteiger partial charge in [-0.3, -0.25) is 4.79 Å². The number of amidine groups is 1. The maximum absolute atomic E-state index is 12.2. The number of nitrogens with zero attached hydrogens (tertiary/aromatic N) is 1. The van der Waals surface area contributed by atoms with Crippen molar-refractivity contribution >= 4 is 40.6 Å². The van der Waals surface area contributed by atoms with Gasteiger partial charge in [-0.25, -0.2) is 9.79 Å². The van der Waals surface area contributed by atoms with Crippen molar-refractivity contribution in [2.75, 3.05) is 13.7 Å². The van der Waals surface area contributed by atoms with E-state index in [-0.39, 0.29) is 11.9 Å². The molecule has 2 aromatic carbocycles. The molecule has 138 valence electrons. The number of thioether (sulfide) groups is 1. The monoisotopic (exact) mass is 382 g/mol. The number of hydrogen-bond acceptors (Lipinski definition) is 6. The predicted octanol–water partition coefficient (Wildman–Crippen LogP) is 3.76. The first kappa shape index (κ1) is 18.7. The van der Waals surface area contributed by atoms with Gasteiger partial charge in [0.2, 0.25) is 0 Å². The largest absolute Gasteiger partial charge is 0.497 e. The molecule has 27 heavy (non-hydrogen) atoms. The third kappa shape index (κ3) is 4.77. The maximum Gasteiger partial charge on any atom is 0.338 e. The minimum absolute atomic E-state index is 0.197. The number of nitrogens with one attached hydrogen (secondary N) is 1. The summed E-state index contributed by atoms with van der Waals surface area (Å²) in [4.78, 5) is 28.8. The van der Waals surface area contributed by atoms with Gasteiger partial charge in [-0.05, 0) is 66.7 Å². The van der Waals surface area contributed by atoms with Gasteiger partial charge in [0.05, 0.1) is 29.9 Å². The zero-order chi connectivity index (χ0) is 19.2. The molecular formula is C20H18N2O4S. The molecule has 1 aliphatic rings. The van der Waals surface area contributed by atoms with Crippen LogP contribution in [0.3, 0.4) is 0 Å². The fourth-order valence-corrected chi connectivity index (χ4v) is 3.18. The van der Waals surface area contributed by atoms with Crippen LogP contribution in [-0.4, -0.2) is 30.8 Å². The summed E-state index contributed by atoms with van der Waals surface area (Å²) in [5.41, 5.74) is 1.99. The Hall–Kier alpha value is -3.06. The number of aliphatic imine (C=N–C) groups is 1. The summed E-state index contributed by atoms with van der Waals surface area (Å²) in [5.74, 6) is 0.192. The maximum atomic E-state index is 12.2. The van der Waals surface area contributed by atoms with Crippen LogP contribution >= 0.6 is 11.8 Å². The first-order chi connectivity index (χ1) is 13.1. The lowest BCUT2D eigenvalue weighted by Gasteiger charge is -2.02. The van der Waals surface area contributed by atoms with Gasteiger partial charge >= 0.3 is 5.97 Å². The SMILES string of the molecule is CCOC(=O)c1ccc(N=C2NC(=O)C(=Cc3ccc(OC)cc3)S2)cc1. The minimum Gasteiger partial charge on any atom is -0.497 e. The summed E-state index contributed by atoms with van der Waals surface area (Å²) < 4.78 is 10.1. The summed E-state index contributed by atoms with van der Waals surface area (Å²) in [7, 11) is 1.61. The highest BCUT2D eigenvalue weighted by molar-refractivity contribution is 8.18. The van der Waals surface area contributed by atoms with Crippen LogP contribution in [0.15, 0.2) is 58.4 Å². The highest BCUT2D eigenvalue weighted by atomic mass is 32.2. The van der Waals surface area contributed by atoms with Gasteiger partial charge in [0.1, 0.15) is 5.75 Å². The van der Waals surface area contributed by atoms with Crippen LogP contribution in [0.2, 0.25) is 0 Å². The topological polar surface area (TPSA) is 77.0 Å². The number of carbonyl (C=O) groups excluding carboxylic acids is 2. The molecule has 0 unspecified atom stereocenters.